The van der Waals surface area contributed by atoms with E-state index in [2.05, 4.69) is 15.5 Å². The fourth-order valence-corrected chi connectivity index (χ4v) is 4.99. The summed E-state index contributed by atoms with van der Waals surface area (Å²) < 4.78 is 0. The minimum atomic E-state index is -0.0987. The Morgan fingerprint density at radius 1 is 0.842 bits per heavy atom. The van der Waals surface area contributed by atoms with Crippen molar-refractivity contribution in [2.45, 2.75) is 44.9 Å². The van der Waals surface area contributed by atoms with Crippen LogP contribution in [0, 0.1) is 5.92 Å². The molecule has 0 saturated carbocycles. The summed E-state index contributed by atoms with van der Waals surface area (Å²) in [7, 11) is 0. The molecule has 3 rings (SSSR count). The summed E-state index contributed by atoms with van der Waals surface area (Å²) >= 11 is 11.9. The van der Waals surface area contributed by atoms with E-state index in [-0.39, 0.29) is 11.8 Å². The molecule has 204 valence electrons. The van der Waals surface area contributed by atoms with Crippen molar-refractivity contribution < 1.29 is 9.59 Å². The molecule has 1 saturated heterocycles. The first-order valence-corrected chi connectivity index (χ1v) is 14.4. The minimum Gasteiger partial charge on any atom is -0.353 e. The highest BCUT2D eigenvalue weighted by atomic mass is 35.5. The number of hydrogen-bond acceptors (Lipinski definition) is 3. The highest BCUT2D eigenvalue weighted by Gasteiger charge is 2.19. The van der Waals surface area contributed by atoms with Gasteiger partial charge in [0, 0.05) is 31.8 Å². The lowest BCUT2D eigenvalue weighted by atomic mass is 9.93. The first-order valence-electron chi connectivity index (χ1n) is 13.6. The molecule has 5 nitrogen and oxygen atoms in total. The quantitative estimate of drug-likeness (QED) is 0.203. The minimum absolute atomic E-state index is 0.0298. The SMILES string of the molecule is O=C(/C=C/c1ccc(Cl)c(Cl)c1)NCCCCCN1CCCC(CCCNC(=O)/C=C/c2ccccc2)C1. The van der Waals surface area contributed by atoms with Crippen LogP contribution < -0.4 is 10.6 Å². The summed E-state index contributed by atoms with van der Waals surface area (Å²) in [5.41, 5.74) is 1.87. The van der Waals surface area contributed by atoms with Crippen molar-refractivity contribution in [3.05, 3.63) is 81.9 Å². The third-order valence-corrected chi connectivity index (χ3v) is 7.48. The van der Waals surface area contributed by atoms with Gasteiger partial charge in [-0.25, -0.2) is 0 Å². The van der Waals surface area contributed by atoms with Crippen LogP contribution in [0.5, 0.6) is 0 Å². The van der Waals surface area contributed by atoms with Crippen molar-refractivity contribution in [1.82, 2.24) is 15.5 Å². The van der Waals surface area contributed by atoms with Crippen LogP contribution in [0.2, 0.25) is 10.0 Å². The Labute approximate surface area is 237 Å². The van der Waals surface area contributed by atoms with Crippen LogP contribution in [-0.4, -0.2) is 49.4 Å². The molecule has 0 spiro atoms. The van der Waals surface area contributed by atoms with E-state index in [0.717, 1.165) is 62.9 Å². The maximum absolute atomic E-state index is 12.0. The zero-order valence-electron chi connectivity index (χ0n) is 22.0. The van der Waals surface area contributed by atoms with Crippen molar-refractivity contribution in [3.8, 4) is 0 Å². The van der Waals surface area contributed by atoms with Gasteiger partial charge in [-0.05, 0) is 92.9 Å². The second-order valence-electron chi connectivity index (χ2n) is 9.84. The summed E-state index contributed by atoms with van der Waals surface area (Å²) in [6, 6.07) is 15.1. The Morgan fingerprint density at radius 2 is 1.55 bits per heavy atom. The lowest BCUT2D eigenvalue weighted by Crippen LogP contribution is -2.36. The highest BCUT2D eigenvalue weighted by Crippen LogP contribution is 2.23. The maximum atomic E-state index is 12.0. The van der Waals surface area contributed by atoms with Gasteiger partial charge in [0.15, 0.2) is 0 Å². The number of benzene rings is 2. The van der Waals surface area contributed by atoms with E-state index < -0.39 is 0 Å². The Kier molecular flexibility index (Phi) is 13.5. The topological polar surface area (TPSA) is 61.4 Å². The second kappa shape index (κ2) is 17.1. The molecule has 2 N–H and O–H groups in total. The van der Waals surface area contributed by atoms with E-state index in [1.807, 2.05) is 42.5 Å². The molecule has 1 aliphatic heterocycles. The number of piperidine rings is 1. The number of carbonyl (C=O) groups excluding carboxylic acids is 2. The number of unbranched alkanes of at least 4 members (excludes halogenated alkanes) is 2. The van der Waals surface area contributed by atoms with Gasteiger partial charge in [-0.1, -0.05) is 66.0 Å². The molecule has 1 atom stereocenters. The van der Waals surface area contributed by atoms with Gasteiger partial charge in [0.05, 0.1) is 10.0 Å². The zero-order chi connectivity index (χ0) is 27.0. The molecule has 2 aromatic carbocycles. The fraction of sp³-hybridized carbons (Fsp3) is 0.419. The third-order valence-electron chi connectivity index (χ3n) is 6.74. The number of rotatable bonds is 14. The summed E-state index contributed by atoms with van der Waals surface area (Å²) in [5.74, 6) is 0.582. The average Bonchev–Trinajstić information content (AvgIpc) is 2.93. The van der Waals surface area contributed by atoms with Gasteiger partial charge in [-0.3, -0.25) is 9.59 Å². The van der Waals surface area contributed by atoms with Gasteiger partial charge in [0.2, 0.25) is 11.8 Å². The predicted molar refractivity (Wildman–Crippen MR) is 159 cm³/mol. The number of likely N-dealkylation sites (tertiary alicyclic amines) is 1. The smallest absolute Gasteiger partial charge is 0.243 e. The van der Waals surface area contributed by atoms with Crippen LogP contribution in [-0.2, 0) is 9.59 Å². The van der Waals surface area contributed by atoms with E-state index in [4.69, 9.17) is 23.2 Å². The number of carbonyl (C=O) groups is 2. The predicted octanol–water partition coefficient (Wildman–Crippen LogP) is 6.61. The number of amides is 2. The van der Waals surface area contributed by atoms with Crippen molar-refractivity contribution >= 4 is 47.2 Å². The molecule has 2 aromatic rings. The molecule has 2 amide bonds. The van der Waals surface area contributed by atoms with Gasteiger partial charge in [0.25, 0.3) is 0 Å². The number of nitrogens with one attached hydrogen (secondary N) is 2. The lowest BCUT2D eigenvalue weighted by Gasteiger charge is -2.32. The second-order valence-corrected chi connectivity index (χ2v) is 10.7. The molecular formula is C31H39Cl2N3O2. The highest BCUT2D eigenvalue weighted by molar-refractivity contribution is 6.42. The standard InChI is InChI=1S/C31H39Cl2N3O2/c32-28-16-13-26(23-29(28)33)15-18-31(38)34-19-5-2-6-21-36-22-8-12-27(24-36)11-7-20-35-30(37)17-14-25-9-3-1-4-10-25/h1,3-4,9-10,13-18,23,27H,2,5-8,11-12,19-22,24H2,(H,34,38)(H,35,37)/b17-14+,18-15+. The van der Waals surface area contributed by atoms with Gasteiger partial charge < -0.3 is 15.5 Å². The molecule has 1 unspecified atom stereocenters. The van der Waals surface area contributed by atoms with Crippen LogP contribution in [0.1, 0.15) is 56.1 Å². The number of nitrogens with zero attached hydrogens (tertiary/aromatic N) is 1. The van der Waals surface area contributed by atoms with Crippen LogP contribution in [0.25, 0.3) is 12.2 Å². The lowest BCUT2D eigenvalue weighted by molar-refractivity contribution is -0.117. The monoisotopic (exact) mass is 555 g/mol. The van der Waals surface area contributed by atoms with E-state index in [1.54, 1.807) is 24.3 Å². The van der Waals surface area contributed by atoms with E-state index in [0.29, 0.717) is 22.5 Å². The zero-order valence-corrected chi connectivity index (χ0v) is 23.5. The van der Waals surface area contributed by atoms with Gasteiger partial charge in [-0.15, -0.1) is 0 Å². The largest absolute Gasteiger partial charge is 0.353 e. The Balaban J connectivity index is 1.20. The van der Waals surface area contributed by atoms with E-state index in [9.17, 15) is 9.59 Å². The molecule has 0 radical (unpaired) electrons. The Bertz CT molecular complexity index is 1070. The van der Waals surface area contributed by atoms with Crippen LogP contribution in [0.15, 0.2) is 60.7 Å². The van der Waals surface area contributed by atoms with Crippen molar-refractivity contribution in [3.63, 3.8) is 0 Å². The molecule has 0 bridgehead atoms. The molecule has 1 heterocycles. The van der Waals surface area contributed by atoms with Crippen LogP contribution >= 0.6 is 23.2 Å². The molecule has 7 heteroatoms. The summed E-state index contributed by atoms with van der Waals surface area (Å²) in [6.45, 7) is 4.84. The normalized spacial score (nSPS) is 16.2. The van der Waals surface area contributed by atoms with E-state index in [1.165, 1.54) is 25.5 Å². The Hall–Kier alpha value is -2.60. The van der Waals surface area contributed by atoms with Gasteiger partial charge in [0.1, 0.15) is 0 Å². The van der Waals surface area contributed by atoms with Crippen LogP contribution in [0.3, 0.4) is 0 Å². The average molecular weight is 557 g/mol. The molecular weight excluding hydrogens is 517 g/mol. The van der Waals surface area contributed by atoms with Crippen molar-refractivity contribution in [2.24, 2.45) is 5.92 Å². The van der Waals surface area contributed by atoms with Crippen molar-refractivity contribution in [1.29, 1.82) is 0 Å². The summed E-state index contributed by atoms with van der Waals surface area (Å²) in [6.07, 6.45) is 14.6. The molecule has 0 aromatic heterocycles. The van der Waals surface area contributed by atoms with Crippen molar-refractivity contribution in [2.75, 3.05) is 32.7 Å². The molecule has 1 aliphatic rings. The molecule has 38 heavy (non-hydrogen) atoms. The molecule has 0 aliphatic carbocycles. The van der Waals surface area contributed by atoms with Gasteiger partial charge in [-0.2, -0.15) is 0 Å². The van der Waals surface area contributed by atoms with E-state index >= 15 is 0 Å². The molecule has 1 fully saturated rings. The number of hydrogen-bond donors (Lipinski definition) is 2. The maximum Gasteiger partial charge on any atom is 0.243 e. The first-order chi connectivity index (χ1) is 18.5. The third kappa shape index (κ3) is 11.8. The first kappa shape index (κ1) is 29.9. The van der Waals surface area contributed by atoms with Crippen LogP contribution in [0.4, 0.5) is 0 Å². The Morgan fingerprint density at radius 3 is 2.29 bits per heavy atom. The fourth-order valence-electron chi connectivity index (χ4n) is 4.68. The summed E-state index contributed by atoms with van der Waals surface area (Å²) in [5, 5.41) is 6.93. The van der Waals surface area contributed by atoms with Gasteiger partial charge >= 0.3 is 0 Å². The summed E-state index contributed by atoms with van der Waals surface area (Å²) in [4.78, 5) is 26.6. The number of halogens is 2.